The monoisotopic (exact) mass is 285 g/mol. The standard InChI is InChI=1S/C16H23N5/c1-20(2)15-6-5-13(10-19-15)11-21-9-3-4-14(12-21)16-17-7-8-18-16/h5-8,10,14H,3-4,9,11-12H2,1-2H3,(H,17,18)/t14-/m1/s1. The summed E-state index contributed by atoms with van der Waals surface area (Å²) in [7, 11) is 4.03. The number of likely N-dealkylation sites (tertiary alicyclic amines) is 1. The molecule has 0 aliphatic carbocycles. The van der Waals surface area contributed by atoms with Gasteiger partial charge in [0.2, 0.25) is 0 Å². The van der Waals surface area contributed by atoms with Crippen LogP contribution in [0.2, 0.25) is 0 Å². The highest BCUT2D eigenvalue weighted by Gasteiger charge is 2.22. The third-order valence-electron chi connectivity index (χ3n) is 4.09. The van der Waals surface area contributed by atoms with Crippen molar-refractivity contribution in [1.29, 1.82) is 0 Å². The Morgan fingerprint density at radius 1 is 1.33 bits per heavy atom. The van der Waals surface area contributed by atoms with Crippen LogP contribution in [0.5, 0.6) is 0 Å². The molecule has 0 bridgehead atoms. The molecule has 0 saturated carbocycles. The van der Waals surface area contributed by atoms with E-state index >= 15 is 0 Å². The van der Waals surface area contributed by atoms with Gasteiger partial charge in [0.05, 0.1) is 0 Å². The van der Waals surface area contributed by atoms with Gasteiger partial charge in [-0.2, -0.15) is 0 Å². The van der Waals surface area contributed by atoms with Crippen LogP contribution in [0.4, 0.5) is 5.82 Å². The normalized spacial score (nSPS) is 19.6. The van der Waals surface area contributed by atoms with Crippen LogP contribution in [0.3, 0.4) is 0 Å². The fourth-order valence-corrected chi connectivity index (χ4v) is 2.96. The van der Waals surface area contributed by atoms with Gasteiger partial charge in [0, 0.05) is 51.7 Å². The van der Waals surface area contributed by atoms with Crippen LogP contribution < -0.4 is 4.90 Å². The van der Waals surface area contributed by atoms with E-state index < -0.39 is 0 Å². The number of H-pyrrole nitrogens is 1. The molecule has 0 unspecified atom stereocenters. The lowest BCUT2D eigenvalue weighted by molar-refractivity contribution is 0.197. The maximum absolute atomic E-state index is 4.49. The zero-order chi connectivity index (χ0) is 14.7. The third-order valence-corrected chi connectivity index (χ3v) is 4.09. The number of hydrogen-bond acceptors (Lipinski definition) is 4. The lowest BCUT2D eigenvalue weighted by Crippen LogP contribution is -2.34. The van der Waals surface area contributed by atoms with Gasteiger partial charge in [-0.1, -0.05) is 6.07 Å². The summed E-state index contributed by atoms with van der Waals surface area (Å²) in [4.78, 5) is 16.7. The molecule has 1 fully saturated rings. The van der Waals surface area contributed by atoms with E-state index in [1.54, 1.807) is 0 Å². The highest BCUT2D eigenvalue weighted by Crippen LogP contribution is 2.25. The van der Waals surface area contributed by atoms with Crippen molar-refractivity contribution in [2.45, 2.75) is 25.3 Å². The predicted molar refractivity (Wildman–Crippen MR) is 84.4 cm³/mol. The van der Waals surface area contributed by atoms with Crippen molar-refractivity contribution >= 4 is 5.82 Å². The number of nitrogens with one attached hydrogen (secondary N) is 1. The topological polar surface area (TPSA) is 48.0 Å². The minimum atomic E-state index is 0.530. The summed E-state index contributed by atoms with van der Waals surface area (Å²) in [6, 6.07) is 4.27. The summed E-state index contributed by atoms with van der Waals surface area (Å²) in [5.41, 5.74) is 1.28. The molecule has 0 spiro atoms. The number of pyridine rings is 1. The molecule has 1 saturated heterocycles. The number of nitrogens with zero attached hydrogens (tertiary/aromatic N) is 4. The van der Waals surface area contributed by atoms with Gasteiger partial charge in [-0.05, 0) is 31.0 Å². The van der Waals surface area contributed by atoms with E-state index in [0.29, 0.717) is 5.92 Å². The quantitative estimate of drug-likeness (QED) is 0.936. The van der Waals surface area contributed by atoms with Gasteiger partial charge in [-0.3, -0.25) is 4.90 Å². The van der Waals surface area contributed by atoms with E-state index in [0.717, 1.165) is 31.3 Å². The zero-order valence-corrected chi connectivity index (χ0v) is 12.8. The highest BCUT2D eigenvalue weighted by atomic mass is 15.1. The number of aromatic amines is 1. The van der Waals surface area contributed by atoms with Crippen molar-refractivity contribution in [2.24, 2.45) is 0 Å². The molecule has 2 aromatic heterocycles. The molecular formula is C16H23N5. The first-order chi connectivity index (χ1) is 10.2. The fourth-order valence-electron chi connectivity index (χ4n) is 2.96. The number of aromatic nitrogens is 3. The maximum Gasteiger partial charge on any atom is 0.127 e. The Labute approximate surface area is 126 Å². The average molecular weight is 285 g/mol. The van der Waals surface area contributed by atoms with Crippen molar-refractivity contribution < 1.29 is 0 Å². The largest absolute Gasteiger partial charge is 0.363 e. The van der Waals surface area contributed by atoms with Crippen LogP contribution in [0.25, 0.3) is 0 Å². The number of hydrogen-bond donors (Lipinski definition) is 1. The number of piperidine rings is 1. The Balaban J connectivity index is 1.62. The Bertz CT molecular complexity index is 547. The molecule has 1 aliphatic heterocycles. The molecule has 1 aliphatic rings. The number of anilines is 1. The Hall–Kier alpha value is -1.88. The lowest BCUT2D eigenvalue weighted by Gasteiger charge is -2.31. The molecule has 5 nitrogen and oxygen atoms in total. The number of imidazole rings is 1. The molecular weight excluding hydrogens is 262 g/mol. The van der Waals surface area contributed by atoms with Crippen molar-refractivity contribution in [3.05, 3.63) is 42.1 Å². The summed E-state index contributed by atoms with van der Waals surface area (Å²) >= 11 is 0. The van der Waals surface area contributed by atoms with E-state index in [-0.39, 0.29) is 0 Å². The first-order valence-corrected chi connectivity index (χ1v) is 7.56. The van der Waals surface area contributed by atoms with E-state index in [1.165, 1.54) is 18.4 Å². The van der Waals surface area contributed by atoms with Gasteiger partial charge in [-0.25, -0.2) is 9.97 Å². The first-order valence-electron chi connectivity index (χ1n) is 7.56. The molecule has 1 atom stereocenters. The molecule has 0 amide bonds. The van der Waals surface area contributed by atoms with Crippen molar-refractivity contribution in [3.63, 3.8) is 0 Å². The van der Waals surface area contributed by atoms with E-state index in [4.69, 9.17) is 0 Å². The van der Waals surface area contributed by atoms with Crippen LogP contribution in [0, 0.1) is 0 Å². The van der Waals surface area contributed by atoms with Gasteiger partial charge in [-0.15, -0.1) is 0 Å². The van der Waals surface area contributed by atoms with E-state index in [9.17, 15) is 0 Å². The Morgan fingerprint density at radius 2 is 2.24 bits per heavy atom. The van der Waals surface area contributed by atoms with Crippen LogP contribution >= 0.6 is 0 Å². The van der Waals surface area contributed by atoms with Crippen LogP contribution in [0.1, 0.15) is 30.1 Å². The zero-order valence-electron chi connectivity index (χ0n) is 12.8. The first kappa shape index (κ1) is 14.1. The van der Waals surface area contributed by atoms with E-state index in [2.05, 4.69) is 32.0 Å². The third kappa shape index (κ3) is 3.42. The SMILES string of the molecule is CN(C)c1ccc(CN2CCC[C@@H](c3ncc[nH]3)C2)cn1. The minimum absolute atomic E-state index is 0.530. The predicted octanol–water partition coefficient (Wildman–Crippen LogP) is 2.25. The van der Waals surface area contributed by atoms with Gasteiger partial charge < -0.3 is 9.88 Å². The number of rotatable bonds is 4. The molecule has 3 rings (SSSR count). The van der Waals surface area contributed by atoms with Crippen molar-refractivity contribution in [1.82, 2.24) is 19.9 Å². The molecule has 1 N–H and O–H groups in total. The van der Waals surface area contributed by atoms with Gasteiger partial charge in [0.15, 0.2) is 0 Å². The average Bonchev–Trinajstić information content (AvgIpc) is 3.02. The summed E-state index contributed by atoms with van der Waals surface area (Å²) in [6.07, 6.45) is 8.21. The van der Waals surface area contributed by atoms with Gasteiger partial charge in [0.25, 0.3) is 0 Å². The molecule has 0 radical (unpaired) electrons. The van der Waals surface area contributed by atoms with Crippen molar-refractivity contribution in [3.8, 4) is 0 Å². The minimum Gasteiger partial charge on any atom is -0.363 e. The van der Waals surface area contributed by atoms with Crippen molar-refractivity contribution in [2.75, 3.05) is 32.1 Å². The van der Waals surface area contributed by atoms with E-state index in [1.807, 2.05) is 37.6 Å². The fraction of sp³-hybridized carbons (Fsp3) is 0.500. The second-order valence-electron chi connectivity index (χ2n) is 5.97. The highest BCUT2D eigenvalue weighted by molar-refractivity contribution is 5.37. The summed E-state index contributed by atoms with van der Waals surface area (Å²) < 4.78 is 0. The molecule has 112 valence electrons. The maximum atomic E-state index is 4.49. The van der Waals surface area contributed by atoms with Gasteiger partial charge in [0.1, 0.15) is 11.6 Å². The molecule has 5 heteroatoms. The molecule has 2 aromatic rings. The summed E-state index contributed by atoms with van der Waals surface area (Å²) in [5, 5.41) is 0. The lowest BCUT2D eigenvalue weighted by atomic mass is 9.97. The van der Waals surface area contributed by atoms with Crippen LogP contribution in [-0.4, -0.2) is 47.0 Å². The second kappa shape index (κ2) is 6.26. The van der Waals surface area contributed by atoms with Gasteiger partial charge >= 0.3 is 0 Å². The smallest absolute Gasteiger partial charge is 0.127 e. The summed E-state index contributed by atoms with van der Waals surface area (Å²) in [6.45, 7) is 3.20. The second-order valence-corrected chi connectivity index (χ2v) is 5.97. The molecule has 3 heterocycles. The molecule has 0 aromatic carbocycles. The van der Waals surface area contributed by atoms with Crippen LogP contribution in [0.15, 0.2) is 30.7 Å². The molecule has 21 heavy (non-hydrogen) atoms. The Morgan fingerprint density at radius 3 is 2.90 bits per heavy atom. The Kier molecular flexibility index (Phi) is 4.20. The van der Waals surface area contributed by atoms with Crippen LogP contribution in [-0.2, 0) is 6.54 Å². The summed E-state index contributed by atoms with van der Waals surface area (Å²) in [5.74, 6) is 2.66.